The number of rotatable bonds is 3. The second-order valence-electron chi connectivity index (χ2n) is 4.26. The monoisotopic (exact) mass is 316 g/mol. The lowest BCUT2D eigenvalue weighted by Crippen LogP contribution is -2.40. The van der Waals surface area contributed by atoms with Crippen molar-refractivity contribution in [2.24, 2.45) is 11.7 Å². The third-order valence-corrected chi connectivity index (χ3v) is 3.42. The summed E-state index contributed by atoms with van der Waals surface area (Å²) in [6, 6.07) is 4.33. The van der Waals surface area contributed by atoms with Crippen LogP contribution in [-0.4, -0.2) is 25.2 Å². The van der Waals surface area contributed by atoms with Gasteiger partial charge in [0.25, 0.3) is 0 Å². The second-order valence-corrected chi connectivity index (χ2v) is 5.18. The van der Waals surface area contributed by atoms with Crippen LogP contribution in [-0.2, 0) is 16.1 Å². The molecule has 0 aromatic heterocycles. The molecular formula is C12H14BrFN2O2. The molecule has 0 bridgehead atoms. The average molecular weight is 317 g/mol. The second kappa shape index (κ2) is 5.77. The molecule has 0 aliphatic carbocycles. The summed E-state index contributed by atoms with van der Waals surface area (Å²) in [5.74, 6) is -0.884. The van der Waals surface area contributed by atoms with Gasteiger partial charge in [-0.3, -0.25) is 4.79 Å². The molecule has 6 heteroatoms. The van der Waals surface area contributed by atoms with Crippen LogP contribution in [0.5, 0.6) is 0 Å². The van der Waals surface area contributed by atoms with Crippen LogP contribution < -0.4 is 11.1 Å². The fourth-order valence-electron chi connectivity index (χ4n) is 1.83. The SMILES string of the molecule is NC1COCC1C(=O)NCc1cc(Br)ccc1F. The quantitative estimate of drug-likeness (QED) is 0.880. The standard InChI is InChI=1S/C12H14BrFN2O2/c13-8-1-2-10(14)7(3-8)4-16-12(17)9-5-18-6-11(9)15/h1-3,9,11H,4-6,15H2,(H,16,17). The maximum absolute atomic E-state index is 13.5. The number of halogens is 2. The molecule has 1 aromatic carbocycles. The number of ether oxygens (including phenoxy) is 1. The molecule has 4 nitrogen and oxygen atoms in total. The molecule has 18 heavy (non-hydrogen) atoms. The summed E-state index contributed by atoms with van der Waals surface area (Å²) >= 11 is 3.26. The van der Waals surface area contributed by atoms with Gasteiger partial charge < -0.3 is 15.8 Å². The highest BCUT2D eigenvalue weighted by molar-refractivity contribution is 9.10. The molecular weight excluding hydrogens is 303 g/mol. The van der Waals surface area contributed by atoms with Crippen molar-refractivity contribution < 1.29 is 13.9 Å². The topological polar surface area (TPSA) is 64.3 Å². The fraction of sp³-hybridized carbons (Fsp3) is 0.417. The first-order chi connectivity index (χ1) is 8.58. The Morgan fingerprint density at radius 3 is 3.00 bits per heavy atom. The summed E-state index contributed by atoms with van der Waals surface area (Å²) in [6.07, 6.45) is 0. The molecule has 1 amide bonds. The van der Waals surface area contributed by atoms with Crippen molar-refractivity contribution in [3.05, 3.63) is 34.1 Å². The zero-order chi connectivity index (χ0) is 13.1. The van der Waals surface area contributed by atoms with Crippen LogP contribution in [0.2, 0.25) is 0 Å². The van der Waals surface area contributed by atoms with Gasteiger partial charge in [0.1, 0.15) is 5.82 Å². The fourth-order valence-corrected chi connectivity index (χ4v) is 2.24. The number of nitrogens with two attached hydrogens (primary N) is 1. The van der Waals surface area contributed by atoms with E-state index in [1.807, 2.05) is 0 Å². The molecule has 2 rings (SSSR count). The van der Waals surface area contributed by atoms with Crippen LogP contribution in [0.1, 0.15) is 5.56 Å². The Labute approximate surface area is 113 Å². The van der Waals surface area contributed by atoms with Crippen molar-refractivity contribution in [3.8, 4) is 0 Å². The van der Waals surface area contributed by atoms with Gasteiger partial charge in [-0.2, -0.15) is 0 Å². The minimum absolute atomic E-state index is 0.146. The van der Waals surface area contributed by atoms with Crippen molar-refractivity contribution in [2.45, 2.75) is 12.6 Å². The maximum atomic E-state index is 13.5. The Morgan fingerprint density at radius 2 is 2.33 bits per heavy atom. The minimum atomic E-state index is -0.347. The molecule has 98 valence electrons. The van der Waals surface area contributed by atoms with E-state index in [9.17, 15) is 9.18 Å². The number of hydrogen-bond donors (Lipinski definition) is 2. The number of carbonyl (C=O) groups excluding carboxylic acids is 1. The first-order valence-electron chi connectivity index (χ1n) is 5.63. The molecule has 0 spiro atoms. The molecule has 1 aromatic rings. The van der Waals surface area contributed by atoms with Gasteiger partial charge in [0, 0.05) is 22.6 Å². The van der Waals surface area contributed by atoms with E-state index in [2.05, 4.69) is 21.2 Å². The van der Waals surface area contributed by atoms with E-state index in [0.29, 0.717) is 18.8 Å². The molecule has 3 N–H and O–H groups in total. The van der Waals surface area contributed by atoms with Crippen molar-refractivity contribution in [1.29, 1.82) is 0 Å². The van der Waals surface area contributed by atoms with Crippen LogP contribution in [0.15, 0.2) is 22.7 Å². The lowest BCUT2D eigenvalue weighted by molar-refractivity contribution is -0.125. The predicted octanol–water partition coefficient (Wildman–Crippen LogP) is 1.18. The van der Waals surface area contributed by atoms with Crippen LogP contribution in [0.25, 0.3) is 0 Å². The molecule has 0 saturated carbocycles. The van der Waals surface area contributed by atoms with Crippen LogP contribution in [0.4, 0.5) is 4.39 Å². The highest BCUT2D eigenvalue weighted by Crippen LogP contribution is 2.16. The Kier molecular flexibility index (Phi) is 4.31. The largest absolute Gasteiger partial charge is 0.379 e. The van der Waals surface area contributed by atoms with Gasteiger partial charge >= 0.3 is 0 Å². The van der Waals surface area contributed by atoms with Crippen LogP contribution in [0, 0.1) is 11.7 Å². The summed E-state index contributed by atoms with van der Waals surface area (Å²) < 4.78 is 19.3. The molecule has 2 unspecified atom stereocenters. The number of nitrogens with one attached hydrogen (secondary N) is 1. The van der Waals surface area contributed by atoms with Gasteiger partial charge in [0.2, 0.25) is 5.91 Å². The molecule has 1 heterocycles. The Hall–Kier alpha value is -0.980. The van der Waals surface area contributed by atoms with Crippen molar-refractivity contribution in [2.75, 3.05) is 13.2 Å². The van der Waals surface area contributed by atoms with Gasteiger partial charge in [-0.25, -0.2) is 4.39 Å². The van der Waals surface area contributed by atoms with E-state index in [4.69, 9.17) is 10.5 Å². The summed E-state index contributed by atoms with van der Waals surface area (Å²) in [7, 11) is 0. The Morgan fingerprint density at radius 1 is 1.56 bits per heavy atom. The smallest absolute Gasteiger partial charge is 0.227 e. The number of carbonyl (C=O) groups is 1. The van der Waals surface area contributed by atoms with Gasteiger partial charge in [-0.05, 0) is 18.2 Å². The molecule has 1 aliphatic rings. The third-order valence-electron chi connectivity index (χ3n) is 2.92. The first-order valence-corrected chi connectivity index (χ1v) is 6.42. The van der Waals surface area contributed by atoms with Gasteiger partial charge in [-0.15, -0.1) is 0 Å². The zero-order valence-electron chi connectivity index (χ0n) is 9.66. The van der Waals surface area contributed by atoms with E-state index in [0.717, 1.165) is 4.47 Å². The van der Waals surface area contributed by atoms with Crippen molar-refractivity contribution in [1.82, 2.24) is 5.32 Å². The molecule has 2 atom stereocenters. The van der Waals surface area contributed by atoms with Crippen LogP contribution >= 0.6 is 15.9 Å². The predicted molar refractivity (Wildman–Crippen MR) is 68.2 cm³/mol. The summed E-state index contributed by atoms with van der Waals surface area (Å²) in [5, 5.41) is 2.68. The van der Waals surface area contributed by atoms with Crippen molar-refractivity contribution in [3.63, 3.8) is 0 Å². The lowest BCUT2D eigenvalue weighted by atomic mass is 10.0. The van der Waals surface area contributed by atoms with Gasteiger partial charge in [0.05, 0.1) is 19.1 Å². The normalized spacial score (nSPS) is 23.1. The highest BCUT2D eigenvalue weighted by atomic mass is 79.9. The first kappa shape index (κ1) is 13.5. The van der Waals surface area contributed by atoms with Gasteiger partial charge in [0.15, 0.2) is 0 Å². The third kappa shape index (κ3) is 3.07. The number of amides is 1. The molecule has 1 aliphatic heterocycles. The van der Waals surface area contributed by atoms with Gasteiger partial charge in [-0.1, -0.05) is 15.9 Å². The number of benzene rings is 1. The van der Waals surface area contributed by atoms with E-state index in [-0.39, 0.29) is 30.2 Å². The van der Waals surface area contributed by atoms with Crippen LogP contribution in [0.3, 0.4) is 0 Å². The van der Waals surface area contributed by atoms with E-state index in [1.54, 1.807) is 12.1 Å². The lowest BCUT2D eigenvalue weighted by Gasteiger charge is -2.13. The molecule has 1 fully saturated rings. The molecule has 0 radical (unpaired) electrons. The zero-order valence-corrected chi connectivity index (χ0v) is 11.2. The summed E-state index contributed by atoms with van der Waals surface area (Å²) in [4.78, 5) is 11.8. The minimum Gasteiger partial charge on any atom is -0.379 e. The van der Waals surface area contributed by atoms with E-state index >= 15 is 0 Å². The average Bonchev–Trinajstić information content (AvgIpc) is 2.76. The highest BCUT2D eigenvalue weighted by Gasteiger charge is 2.31. The molecule has 1 saturated heterocycles. The van der Waals surface area contributed by atoms with E-state index in [1.165, 1.54) is 6.07 Å². The Balaban J connectivity index is 1.95. The summed E-state index contributed by atoms with van der Waals surface area (Å²) in [6.45, 7) is 0.866. The Bertz CT molecular complexity index is 456. The van der Waals surface area contributed by atoms with E-state index < -0.39 is 0 Å². The summed E-state index contributed by atoms with van der Waals surface area (Å²) in [5.41, 5.74) is 6.17. The maximum Gasteiger partial charge on any atom is 0.227 e. The van der Waals surface area contributed by atoms with Crippen molar-refractivity contribution >= 4 is 21.8 Å². The number of hydrogen-bond acceptors (Lipinski definition) is 3.